The minimum atomic E-state index is 0.145. The fraction of sp³-hybridized carbons (Fsp3) is 0.562. The highest BCUT2D eigenvalue weighted by atomic mass is 16.5. The highest BCUT2D eigenvalue weighted by molar-refractivity contribution is 5.76. The summed E-state index contributed by atoms with van der Waals surface area (Å²) in [6.07, 6.45) is 2.64. The summed E-state index contributed by atoms with van der Waals surface area (Å²) in [6.45, 7) is 5.56. The normalized spacial score (nSPS) is 20.9. The standard InChI is InChI=1S/C16H24N2O2/c1-12-5-7-15(8-6-12)20-11-13(2)18-14-4-3-9-17-16(19)10-14/h5-8,13-14,18H,3-4,9-11H2,1-2H3,(H,17,19). The number of amides is 1. The number of ether oxygens (including phenoxy) is 1. The van der Waals surface area contributed by atoms with Gasteiger partial charge in [0, 0.05) is 25.0 Å². The molecule has 20 heavy (non-hydrogen) atoms. The lowest BCUT2D eigenvalue weighted by Crippen LogP contribution is -2.41. The molecule has 0 spiro atoms. The van der Waals surface area contributed by atoms with E-state index in [9.17, 15) is 4.79 Å². The van der Waals surface area contributed by atoms with Crippen LogP contribution in [0.3, 0.4) is 0 Å². The molecule has 0 aliphatic carbocycles. The molecule has 1 saturated heterocycles. The number of hydrogen-bond donors (Lipinski definition) is 2. The molecule has 4 nitrogen and oxygen atoms in total. The molecule has 4 heteroatoms. The van der Waals surface area contributed by atoms with Crippen molar-refractivity contribution in [3.05, 3.63) is 29.8 Å². The lowest BCUT2D eigenvalue weighted by atomic mass is 10.1. The smallest absolute Gasteiger partial charge is 0.221 e. The van der Waals surface area contributed by atoms with E-state index in [4.69, 9.17) is 4.74 Å². The second-order valence-corrected chi connectivity index (χ2v) is 5.59. The summed E-state index contributed by atoms with van der Waals surface area (Å²) >= 11 is 0. The van der Waals surface area contributed by atoms with Crippen molar-refractivity contribution in [3.8, 4) is 5.75 Å². The molecule has 0 radical (unpaired) electrons. The van der Waals surface area contributed by atoms with Gasteiger partial charge in [0.2, 0.25) is 5.91 Å². The van der Waals surface area contributed by atoms with Gasteiger partial charge in [0.25, 0.3) is 0 Å². The fourth-order valence-corrected chi connectivity index (χ4v) is 2.42. The Bertz CT molecular complexity index is 431. The van der Waals surface area contributed by atoms with Crippen LogP contribution in [-0.2, 0) is 4.79 Å². The quantitative estimate of drug-likeness (QED) is 0.865. The van der Waals surface area contributed by atoms with E-state index in [2.05, 4.69) is 24.5 Å². The minimum Gasteiger partial charge on any atom is -0.492 e. The van der Waals surface area contributed by atoms with Gasteiger partial charge in [0.05, 0.1) is 0 Å². The van der Waals surface area contributed by atoms with E-state index >= 15 is 0 Å². The molecule has 2 rings (SSSR count). The molecule has 1 amide bonds. The van der Waals surface area contributed by atoms with Gasteiger partial charge in [0.15, 0.2) is 0 Å². The number of benzene rings is 1. The zero-order chi connectivity index (χ0) is 14.4. The fourth-order valence-electron chi connectivity index (χ4n) is 2.42. The molecule has 2 atom stereocenters. The Balaban J connectivity index is 1.75. The second kappa shape index (κ2) is 7.29. The Labute approximate surface area is 120 Å². The number of hydrogen-bond acceptors (Lipinski definition) is 3. The first kappa shape index (κ1) is 14.9. The maximum Gasteiger partial charge on any atom is 0.221 e. The van der Waals surface area contributed by atoms with E-state index in [-0.39, 0.29) is 18.0 Å². The summed E-state index contributed by atoms with van der Waals surface area (Å²) in [5.41, 5.74) is 1.23. The number of carbonyl (C=O) groups is 1. The first-order valence-corrected chi connectivity index (χ1v) is 7.35. The van der Waals surface area contributed by atoms with Crippen molar-refractivity contribution >= 4 is 5.91 Å². The molecule has 0 aromatic heterocycles. The van der Waals surface area contributed by atoms with Crippen LogP contribution in [-0.4, -0.2) is 31.1 Å². The van der Waals surface area contributed by atoms with Crippen LogP contribution < -0.4 is 15.4 Å². The van der Waals surface area contributed by atoms with Gasteiger partial charge in [-0.15, -0.1) is 0 Å². The van der Waals surface area contributed by atoms with E-state index in [1.807, 2.05) is 24.3 Å². The molecule has 0 bridgehead atoms. The maximum atomic E-state index is 11.5. The molecular weight excluding hydrogens is 252 g/mol. The summed E-state index contributed by atoms with van der Waals surface area (Å²) in [5.74, 6) is 1.04. The Morgan fingerprint density at radius 2 is 2.15 bits per heavy atom. The molecule has 1 aliphatic heterocycles. The second-order valence-electron chi connectivity index (χ2n) is 5.59. The molecule has 1 aromatic rings. The zero-order valence-corrected chi connectivity index (χ0v) is 12.3. The predicted octanol–water partition coefficient (Wildman–Crippen LogP) is 2.02. The van der Waals surface area contributed by atoms with Gasteiger partial charge >= 0.3 is 0 Å². The van der Waals surface area contributed by atoms with Crippen LogP contribution in [0.1, 0.15) is 31.7 Å². The summed E-state index contributed by atoms with van der Waals surface area (Å²) in [4.78, 5) is 11.5. The Hall–Kier alpha value is -1.55. The molecule has 1 heterocycles. The molecule has 2 unspecified atom stereocenters. The van der Waals surface area contributed by atoms with E-state index in [1.54, 1.807) is 0 Å². The van der Waals surface area contributed by atoms with Crippen LogP contribution in [0.4, 0.5) is 0 Å². The Kier molecular flexibility index (Phi) is 5.41. The number of rotatable bonds is 5. The van der Waals surface area contributed by atoms with E-state index < -0.39 is 0 Å². The lowest BCUT2D eigenvalue weighted by Gasteiger charge is -2.21. The van der Waals surface area contributed by atoms with Crippen molar-refractivity contribution in [2.24, 2.45) is 0 Å². The van der Waals surface area contributed by atoms with Crippen LogP contribution >= 0.6 is 0 Å². The van der Waals surface area contributed by atoms with Crippen molar-refractivity contribution in [3.63, 3.8) is 0 Å². The van der Waals surface area contributed by atoms with Crippen LogP contribution in [0.25, 0.3) is 0 Å². The van der Waals surface area contributed by atoms with Gasteiger partial charge in [-0.1, -0.05) is 17.7 Å². The Morgan fingerprint density at radius 1 is 1.40 bits per heavy atom. The van der Waals surface area contributed by atoms with Gasteiger partial charge in [0.1, 0.15) is 12.4 Å². The van der Waals surface area contributed by atoms with Gasteiger partial charge < -0.3 is 15.4 Å². The van der Waals surface area contributed by atoms with Gasteiger partial charge in [-0.25, -0.2) is 0 Å². The number of aryl methyl sites for hydroxylation is 1. The largest absolute Gasteiger partial charge is 0.492 e. The number of nitrogens with one attached hydrogen (secondary N) is 2. The summed E-state index contributed by atoms with van der Waals surface area (Å²) in [5, 5.41) is 6.39. The molecule has 1 aromatic carbocycles. The van der Waals surface area contributed by atoms with Crippen LogP contribution in [0.15, 0.2) is 24.3 Å². The van der Waals surface area contributed by atoms with Crippen LogP contribution in [0.2, 0.25) is 0 Å². The predicted molar refractivity (Wildman–Crippen MR) is 79.9 cm³/mol. The van der Waals surface area contributed by atoms with Crippen LogP contribution in [0, 0.1) is 6.92 Å². The average Bonchev–Trinajstić information content (AvgIpc) is 2.62. The summed E-state index contributed by atoms with van der Waals surface area (Å²) in [6, 6.07) is 8.55. The molecular formula is C16H24N2O2. The SMILES string of the molecule is Cc1ccc(OCC(C)NC2CCCNC(=O)C2)cc1. The van der Waals surface area contributed by atoms with Crippen molar-refractivity contribution in [2.45, 2.75) is 45.2 Å². The van der Waals surface area contributed by atoms with Gasteiger partial charge in [-0.05, 0) is 38.8 Å². The monoisotopic (exact) mass is 276 g/mol. The van der Waals surface area contributed by atoms with Crippen LogP contribution in [0.5, 0.6) is 5.75 Å². The van der Waals surface area contributed by atoms with E-state index in [1.165, 1.54) is 5.56 Å². The number of carbonyl (C=O) groups excluding carboxylic acids is 1. The lowest BCUT2D eigenvalue weighted by molar-refractivity contribution is -0.121. The van der Waals surface area contributed by atoms with E-state index in [0.29, 0.717) is 13.0 Å². The molecule has 0 saturated carbocycles. The third-order valence-electron chi connectivity index (χ3n) is 3.52. The van der Waals surface area contributed by atoms with E-state index in [0.717, 1.165) is 25.1 Å². The van der Waals surface area contributed by atoms with Crippen molar-refractivity contribution in [2.75, 3.05) is 13.2 Å². The summed E-state index contributed by atoms with van der Waals surface area (Å²) in [7, 11) is 0. The zero-order valence-electron chi connectivity index (χ0n) is 12.3. The topological polar surface area (TPSA) is 50.4 Å². The Morgan fingerprint density at radius 3 is 2.90 bits per heavy atom. The van der Waals surface area contributed by atoms with Gasteiger partial charge in [-0.2, -0.15) is 0 Å². The first-order valence-electron chi connectivity index (χ1n) is 7.35. The van der Waals surface area contributed by atoms with Crippen molar-refractivity contribution in [1.29, 1.82) is 0 Å². The minimum absolute atomic E-state index is 0.145. The molecule has 1 fully saturated rings. The highest BCUT2D eigenvalue weighted by Crippen LogP contribution is 2.12. The molecule has 2 N–H and O–H groups in total. The van der Waals surface area contributed by atoms with Crippen molar-refractivity contribution < 1.29 is 9.53 Å². The third kappa shape index (κ3) is 4.85. The highest BCUT2D eigenvalue weighted by Gasteiger charge is 2.18. The average molecular weight is 276 g/mol. The molecule has 1 aliphatic rings. The third-order valence-corrected chi connectivity index (χ3v) is 3.52. The van der Waals surface area contributed by atoms with Gasteiger partial charge in [-0.3, -0.25) is 4.79 Å². The van der Waals surface area contributed by atoms with Crippen molar-refractivity contribution in [1.82, 2.24) is 10.6 Å². The first-order chi connectivity index (χ1) is 9.63. The maximum absolute atomic E-state index is 11.5. The molecule has 110 valence electrons. The summed E-state index contributed by atoms with van der Waals surface area (Å²) < 4.78 is 5.76.